The molecule has 3 unspecified atom stereocenters. The Morgan fingerprint density at radius 1 is 1.12 bits per heavy atom. The summed E-state index contributed by atoms with van der Waals surface area (Å²) in [6.07, 6.45) is 3.44. The van der Waals surface area contributed by atoms with Crippen LogP contribution in [0.1, 0.15) is 58.4 Å². The highest BCUT2D eigenvalue weighted by atomic mass is 16.7. The molecule has 2 saturated carbocycles. The number of hydrogen-bond donors (Lipinski definition) is 0. The fraction of sp³-hybridized carbons (Fsp3) is 0.650. The van der Waals surface area contributed by atoms with E-state index in [4.69, 9.17) is 18.7 Å². The Hall–Kier alpha value is -1.33. The molecule has 132 valence electrons. The first-order valence-corrected chi connectivity index (χ1v) is 9.45. The Labute approximate surface area is 149 Å². The molecule has 1 aromatic heterocycles. The third-order valence-electron chi connectivity index (χ3n) is 7.32. The maximum absolute atomic E-state index is 6.30. The van der Waals surface area contributed by atoms with Gasteiger partial charge >= 0.3 is 7.12 Å². The highest BCUT2D eigenvalue weighted by molar-refractivity contribution is 6.48. The molecule has 1 aliphatic heterocycles. The third-order valence-corrected chi connectivity index (χ3v) is 7.32. The molecule has 2 heterocycles. The van der Waals surface area contributed by atoms with Crippen molar-refractivity contribution in [2.45, 2.75) is 76.3 Å². The van der Waals surface area contributed by atoms with E-state index in [1.54, 1.807) is 0 Å². The molecular weight excluding hydrogens is 313 g/mol. The first kappa shape index (κ1) is 15.9. The van der Waals surface area contributed by atoms with Gasteiger partial charge in [0.25, 0.3) is 0 Å². The second kappa shape index (κ2) is 4.69. The minimum atomic E-state index is -0.255. The average molecular weight is 339 g/mol. The Morgan fingerprint density at radius 3 is 2.44 bits per heavy atom. The molecule has 2 aliphatic carbocycles. The van der Waals surface area contributed by atoms with Crippen molar-refractivity contribution in [3.05, 3.63) is 29.7 Å². The number of oxazole rings is 1. The molecule has 25 heavy (non-hydrogen) atoms. The van der Waals surface area contributed by atoms with Crippen LogP contribution in [0.15, 0.2) is 22.6 Å². The van der Waals surface area contributed by atoms with Gasteiger partial charge in [0.2, 0.25) is 5.89 Å². The zero-order valence-corrected chi connectivity index (χ0v) is 15.8. The van der Waals surface area contributed by atoms with Crippen LogP contribution in [0.4, 0.5) is 0 Å². The average Bonchev–Trinajstić information content (AvgIpc) is 2.99. The van der Waals surface area contributed by atoms with Gasteiger partial charge in [0.1, 0.15) is 5.52 Å². The molecule has 3 atom stereocenters. The van der Waals surface area contributed by atoms with Crippen LogP contribution in [-0.4, -0.2) is 23.3 Å². The van der Waals surface area contributed by atoms with Crippen molar-refractivity contribution in [3.8, 4) is 0 Å². The van der Waals surface area contributed by atoms with Crippen LogP contribution < -0.4 is 0 Å². The van der Waals surface area contributed by atoms with Crippen LogP contribution in [0.25, 0.3) is 11.1 Å². The zero-order valence-electron chi connectivity index (χ0n) is 15.8. The van der Waals surface area contributed by atoms with E-state index in [9.17, 15) is 0 Å². The summed E-state index contributed by atoms with van der Waals surface area (Å²) in [5.74, 6) is 1.94. The minimum absolute atomic E-state index is 0.102. The van der Waals surface area contributed by atoms with E-state index in [2.05, 4.69) is 52.8 Å². The molecule has 2 aromatic rings. The molecule has 1 aromatic carbocycles. The number of benzene rings is 1. The number of nitrogens with zero attached hydrogens (tertiary/aromatic N) is 1. The molecule has 0 N–H and O–H groups in total. The normalized spacial score (nSPS) is 35.3. The van der Waals surface area contributed by atoms with Gasteiger partial charge in [-0.3, -0.25) is 0 Å². The fourth-order valence-electron chi connectivity index (χ4n) is 4.89. The highest BCUT2D eigenvalue weighted by Crippen LogP contribution is 2.69. The van der Waals surface area contributed by atoms with E-state index in [1.165, 1.54) is 18.4 Å². The van der Waals surface area contributed by atoms with Crippen molar-refractivity contribution < 1.29 is 13.7 Å². The van der Waals surface area contributed by atoms with Gasteiger partial charge in [-0.25, -0.2) is 4.98 Å². The Bertz CT molecular complexity index is 842. The lowest BCUT2D eigenvalue weighted by Crippen LogP contribution is -2.60. The second-order valence-electron chi connectivity index (χ2n) is 9.28. The Kier molecular flexibility index (Phi) is 2.98. The number of aryl methyl sites for hydroxylation is 1. The number of fused-ring (bicyclic) bond motifs is 2. The SMILES string of the molecule is Cc1ccc2nc(C34CCC3C(B3OC(C)(C)C(C)(C)O3)C4)oc2c1. The summed E-state index contributed by atoms with van der Waals surface area (Å²) in [6.45, 7) is 10.6. The van der Waals surface area contributed by atoms with E-state index in [-0.39, 0.29) is 23.7 Å². The van der Waals surface area contributed by atoms with E-state index < -0.39 is 0 Å². The van der Waals surface area contributed by atoms with Gasteiger partial charge in [0.05, 0.1) is 11.2 Å². The van der Waals surface area contributed by atoms with Crippen LogP contribution in [0.3, 0.4) is 0 Å². The topological polar surface area (TPSA) is 44.5 Å². The van der Waals surface area contributed by atoms with Gasteiger partial charge in [-0.15, -0.1) is 0 Å². The summed E-state index contributed by atoms with van der Waals surface area (Å²) < 4.78 is 18.8. The number of aromatic nitrogens is 1. The van der Waals surface area contributed by atoms with Crippen molar-refractivity contribution in [2.75, 3.05) is 0 Å². The molecule has 3 aliphatic rings. The number of rotatable bonds is 2. The number of hydrogen-bond acceptors (Lipinski definition) is 4. The molecule has 4 nitrogen and oxygen atoms in total. The van der Waals surface area contributed by atoms with Gasteiger partial charge < -0.3 is 13.7 Å². The van der Waals surface area contributed by atoms with Gasteiger partial charge in [0, 0.05) is 5.41 Å². The Balaban J connectivity index is 1.40. The van der Waals surface area contributed by atoms with E-state index in [0.29, 0.717) is 11.7 Å². The summed E-state index contributed by atoms with van der Waals surface area (Å²) in [7, 11) is -0.102. The van der Waals surface area contributed by atoms with Crippen LogP contribution in [0, 0.1) is 12.8 Å². The van der Waals surface area contributed by atoms with Crippen LogP contribution in [0.2, 0.25) is 5.82 Å². The van der Waals surface area contributed by atoms with Crippen molar-refractivity contribution >= 4 is 18.2 Å². The van der Waals surface area contributed by atoms with Gasteiger partial charge in [-0.2, -0.15) is 0 Å². The van der Waals surface area contributed by atoms with Gasteiger partial charge in [-0.05, 0) is 83.3 Å². The van der Waals surface area contributed by atoms with Crippen molar-refractivity contribution in [1.82, 2.24) is 4.98 Å². The van der Waals surface area contributed by atoms with E-state index >= 15 is 0 Å². The first-order chi connectivity index (χ1) is 11.7. The monoisotopic (exact) mass is 339 g/mol. The minimum Gasteiger partial charge on any atom is -0.440 e. The largest absolute Gasteiger partial charge is 0.461 e. The van der Waals surface area contributed by atoms with Crippen molar-refractivity contribution in [1.29, 1.82) is 0 Å². The van der Waals surface area contributed by atoms with Crippen LogP contribution >= 0.6 is 0 Å². The Morgan fingerprint density at radius 2 is 1.84 bits per heavy atom. The summed E-state index contributed by atoms with van der Waals surface area (Å²) in [5.41, 5.74) is 2.69. The molecule has 0 bridgehead atoms. The van der Waals surface area contributed by atoms with E-state index in [1.807, 2.05) is 0 Å². The predicted molar refractivity (Wildman–Crippen MR) is 97.6 cm³/mol. The summed E-state index contributed by atoms with van der Waals surface area (Å²) in [6, 6.07) is 6.24. The van der Waals surface area contributed by atoms with Gasteiger partial charge in [-0.1, -0.05) is 6.07 Å². The van der Waals surface area contributed by atoms with Crippen LogP contribution in [-0.2, 0) is 14.7 Å². The van der Waals surface area contributed by atoms with Crippen molar-refractivity contribution in [3.63, 3.8) is 0 Å². The molecule has 0 radical (unpaired) electrons. The third kappa shape index (κ3) is 2.00. The molecule has 1 saturated heterocycles. The molecule has 5 heteroatoms. The molecule has 5 rings (SSSR count). The molecular formula is C20H26BNO3. The highest BCUT2D eigenvalue weighted by Gasteiger charge is 2.69. The first-order valence-electron chi connectivity index (χ1n) is 9.45. The summed E-state index contributed by atoms with van der Waals surface area (Å²) in [5, 5.41) is 0. The smallest absolute Gasteiger partial charge is 0.440 e. The maximum atomic E-state index is 6.30. The fourth-order valence-corrected chi connectivity index (χ4v) is 4.89. The maximum Gasteiger partial charge on any atom is 0.461 e. The summed E-state index contributed by atoms with van der Waals surface area (Å²) in [4.78, 5) is 4.82. The van der Waals surface area contributed by atoms with Gasteiger partial charge in [0.15, 0.2) is 5.58 Å². The zero-order chi connectivity index (χ0) is 17.6. The molecule has 0 spiro atoms. The standard InChI is InChI=1S/C20H26BNO3/c1-12-6-7-15-16(10-12)23-17(22-15)20-9-8-13(20)14(11-20)21-24-18(2,3)19(4,5)25-21/h6-7,10,13-14H,8-9,11H2,1-5H3. The lowest BCUT2D eigenvalue weighted by atomic mass is 9.35. The molecule has 0 amide bonds. The van der Waals surface area contributed by atoms with Crippen molar-refractivity contribution in [2.24, 2.45) is 5.92 Å². The lowest BCUT2D eigenvalue weighted by molar-refractivity contribution is -0.0282. The lowest BCUT2D eigenvalue weighted by Gasteiger charge is -2.61. The summed E-state index contributed by atoms with van der Waals surface area (Å²) >= 11 is 0. The quantitative estimate of drug-likeness (QED) is 0.747. The molecule has 3 fully saturated rings. The van der Waals surface area contributed by atoms with E-state index in [0.717, 1.165) is 23.4 Å². The van der Waals surface area contributed by atoms with Crippen LogP contribution in [0.5, 0.6) is 0 Å². The predicted octanol–water partition coefficient (Wildman–Crippen LogP) is 4.65. The second-order valence-corrected chi connectivity index (χ2v) is 9.28.